The molecule has 0 amide bonds. The molecule has 0 spiro atoms. The van der Waals surface area contributed by atoms with Crippen LogP contribution in [0.5, 0.6) is 0 Å². The van der Waals surface area contributed by atoms with Gasteiger partial charge in [0.25, 0.3) is 0 Å². The zero-order valence-electron chi connectivity index (χ0n) is 11.8. The lowest BCUT2D eigenvalue weighted by Gasteiger charge is -2.46. The number of hydrogen-bond acceptors (Lipinski definition) is 6. The van der Waals surface area contributed by atoms with Gasteiger partial charge in [0.15, 0.2) is 12.6 Å². The molecule has 0 aliphatic carbocycles. The van der Waals surface area contributed by atoms with Gasteiger partial charge in [-0.1, -0.05) is 30.3 Å². The van der Waals surface area contributed by atoms with Crippen molar-refractivity contribution >= 4 is 0 Å². The van der Waals surface area contributed by atoms with Crippen LogP contribution in [0.25, 0.3) is 0 Å². The summed E-state index contributed by atoms with van der Waals surface area (Å²) in [4.78, 5) is 0. The minimum Gasteiger partial charge on any atom is -0.387 e. The molecule has 0 aromatic heterocycles. The molecule has 21 heavy (non-hydrogen) atoms. The molecule has 116 valence electrons. The van der Waals surface area contributed by atoms with Crippen molar-refractivity contribution in [2.24, 2.45) is 0 Å². The molecule has 1 aromatic carbocycles. The molecule has 2 fully saturated rings. The monoisotopic (exact) mass is 296 g/mol. The summed E-state index contributed by atoms with van der Waals surface area (Å²) in [6.07, 6.45) is -4.74. The number of ether oxygens (including phenoxy) is 4. The van der Waals surface area contributed by atoms with Gasteiger partial charge >= 0.3 is 0 Å². The predicted molar refractivity (Wildman–Crippen MR) is 72.3 cm³/mol. The van der Waals surface area contributed by atoms with Crippen molar-refractivity contribution < 1.29 is 29.2 Å². The average molecular weight is 296 g/mol. The van der Waals surface area contributed by atoms with Crippen LogP contribution >= 0.6 is 0 Å². The van der Waals surface area contributed by atoms with Crippen LogP contribution in [0.2, 0.25) is 0 Å². The van der Waals surface area contributed by atoms with Gasteiger partial charge in [-0.25, -0.2) is 0 Å². The van der Waals surface area contributed by atoms with Crippen LogP contribution in [0.15, 0.2) is 30.3 Å². The highest BCUT2D eigenvalue weighted by molar-refractivity contribution is 5.16. The minimum atomic E-state index is -1.14. The van der Waals surface area contributed by atoms with E-state index in [0.29, 0.717) is 6.61 Å². The fourth-order valence-corrected chi connectivity index (χ4v) is 2.66. The number of aliphatic hydroxyl groups is 2. The molecule has 1 aromatic rings. The van der Waals surface area contributed by atoms with Crippen molar-refractivity contribution in [2.75, 3.05) is 13.2 Å². The van der Waals surface area contributed by atoms with E-state index < -0.39 is 37.0 Å². The van der Waals surface area contributed by atoms with Crippen LogP contribution < -0.4 is 0 Å². The topological polar surface area (TPSA) is 77.4 Å². The maximum absolute atomic E-state index is 10.2. The third-order valence-corrected chi connectivity index (χ3v) is 3.74. The SMILES string of the molecule is CCO[C@@H]1O[C@@H]2COC(c3ccccc3)O[C@@H]2[C@H](O)[C@H]1O. The molecule has 2 aliphatic heterocycles. The maximum Gasteiger partial charge on any atom is 0.186 e. The molecular formula is C15H20O6. The second-order valence-electron chi connectivity index (χ2n) is 5.16. The van der Waals surface area contributed by atoms with Gasteiger partial charge < -0.3 is 29.2 Å². The largest absolute Gasteiger partial charge is 0.387 e. The Balaban J connectivity index is 1.71. The zero-order valence-corrected chi connectivity index (χ0v) is 11.8. The van der Waals surface area contributed by atoms with Crippen molar-refractivity contribution in [3.63, 3.8) is 0 Å². The van der Waals surface area contributed by atoms with Crippen LogP contribution in [-0.4, -0.2) is 54.1 Å². The lowest BCUT2D eigenvalue weighted by Crippen LogP contribution is -2.62. The summed E-state index contributed by atoms with van der Waals surface area (Å²) in [7, 11) is 0. The van der Waals surface area contributed by atoms with Gasteiger partial charge in [-0.15, -0.1) is 0 Å². The van der Waals surface area contributed by atoms with Crippen LogP contribution in [0.4, 0.5) is 0 Å². The van der Waals surface area contributed by atoms with E-state index in [1.165, 1.54) is 0 Å². The van der Waals surface area contributed by atoms with Gasteiger partial charge in [-0.3, -0.25) is 0 Å². The summed E-state index contributed by atoms with van der Waals surface area (Å²) in [5, 5.41) is 20.3. The number of benzene rings is 1. The van der Waals surface area contributed by atoms with Crippen LogP contribution in [-0.2, 0) is 18.9 Å². The third kappa shape index (κ3) is 2.96. The normalized spacial score (nSPS) is 39.8. The molecule has 2 saturated heterocycles. The smallest absolute Gasteiger partial charge is 0.186 e. The highest BCUT2D eigenvalue weighted by Gasteiger charge is 2.49. The average Bonchev–Trinajstić information content (AvgIpc) is 2.53. The summed E-state index contributed by atoms with van der Waals surface area (Å²) in [6.45, 7) is 2.46. The van der Waals surface area contributed by atoms with Gasteiger partial charge in [0.2, 0.25) is 0 Å². The number of fused-ring (bicyclic) bond motifs is 1. The van der Waals surface area contributed by atoms with E-state index in [1.807, 2.05) is 30.3 Å². The molecular weight excluding hydrogens is 276 g/mol. The quantitative estimate of drug-likeness (QED) is 0.850. The predicted octanol–water partition coefficient (Wildman–Crippen LogP) is 0.584. The molecule has 2 aliphatic rings. The first-order valence-electron chi connectivity index (χ1n) is 7.16. The molecule has 2 heterocycles. The molecule has 1 unspecified atom stereocenters. The maximum atomic E-state index is 10.2. The van der Waals surface area contributed by atoms with E-state index in [-0.39, 0.29) is 6.61 Å². The molecule has 0 saturated carbocycles. The molecule has 0 bridgehead atoms. The first kappa shape index (κ1) is 14.9. The number of rotatable bonds is 3. The standard InChI is InChI=1S/C15H20O6/c1-2-18-15-12(17)11(16)13-10(20-15)8-19-14(21-13)9-6-4-3-5-7-9/h3-7,10-17H,2,8H2,1H3/t10-,11-,12-,13+,14?,15-/m1/s1. The van der Waals surface area contributed by atoms with Crippen molar-refractivity contribution in [2.45, 2.75) is 43.9 Å². The van der Waals surface area contributed by atoms with E-state index in [0.717, 1.165) is 5.56 Å². The fourth-order valence-electron chi connectivity index (χ4n) is 2.66. The Bertz CT molecular complexity index is 451. The highest BCUT2D eigenvalue weighted by Crippen LogP contribution is 2.34. The van der Waals surface area contributed by atoms with E-state index >= 15 is 0 Å². The summed E-state index contributed by atoms with van der Waals surface area (Å²) < 4.78 is 22.3. The van der Waals surface area contributed by atoms with Crippen molar-refractivity contribution in [3.8, 4) is 0 Å². The Morgan fingerprint density at radius 2 is 1.90 bits per heavy atom. The number of hydrogen-bond donors (Lipinski definition) is 2. The van der Waals surface area contributed by atoms with Gasteiger partial charge in [-0.2, -0.15) is 0 Å². The Hall–Kier alpha value is -1.02. The Morgan fingerprint density at radius 3 is 2.62 bits per heavy atom. The summed E-state index contributed by atoms with van der Waals surface area (Å²) in [6, 6.07) is 9.47. The lowest BCUT2D eigenvalue weighted by molar-refractivity contribution is -0.360. The minimum absolute atomic E-state index is 0.275. The van der Waals surface area contributed by atoms with E-state index in [1.54, 1.807) is 6.92 Å². The Kier molecular flexibility index (Phi) is 4.54. The Labute approximate surface area is 123 Å². The zero-order chi connectivity index (χ0) is 14.8. The fraction of sp³-hybridized carbons (Fsp3) is 0.600. The molecule has 6 nitrogen and oxygen atoms in total. The van der Waals surface area contributed by atoms with Crippen LogP contribution in [0.3, 0.4) is 0 Å². The highest BCUT2D eigenvalue weighted by atomic mass is 16.8. The summed E-state index contributed by atoms with van der Waals surface area (Å²) in [5.41, 5.74) is 0.865. The Morgan fingerprint density at radius 1 is 1.14 bits per heavy atom. The first-order chi connectivity index (χ1) is 10.2. The second kappa shape index (κ2) is 6.39. The third-order valence-electron chi connectivity index (χ3n) is 3.74. The van der Waals surface area contributed by atoms with Crippen LogP contribution in [0, 0.1) is 0 Å². The van der Waals surface area contributed by atoms with E-state index in [2.05, 4.69) is 0 Å². The van der Waals surface area contributed by atoms with Crippen LogP contribution in [0.1, 0.15) is 18.8 Å². The van der Waals surface area contributed by atoms with Crippen molar-refractivity contribution in [1.82, 2.24) is 0 Å². The molecule has 6 atom stereocenters. The first-order valence-corrected chi connectivity index (χ1v) is 7.16. The van der Waals surface area contributed by atoms with Gasteiger partial charge in [0.1, 0.15) is 24.4 Å². The summed E-state index contributed by atoms with van der Waals surface area (Å²) >= 11 is 0. The second-order valence-corrected chi connectivity index (χ2v) is 5.16. The molecule has 6 heteroatoms. The molecule has 3 rings (SSSR count). The number of aliphatic hydroxyl groups excluding tert-OH is 2. The van der Waals surface area contributed by atoms with Gasteiger partial charge in [-0.05, 0) is 6.92 Å². The molecule has 2 N–H and O–H groups in total. The van der Waals surface area contributed by atoms with E-state index in [9.17, 15) is 10.2 Å². The summed E-state index contributed by atoms with van der Waals surface area (Å²) in [5.74, 6) is 0. The van der Waals surface area contributed by atoms with E-state index in [4.69, 9.17) is 18.9 Å². The van der Waals surface area contributed by atoms with Crippen molar-refractivity contribution in [3.05, 3.63) is 35.9 Å². The molecule has 0 radical (unpaired) electrons. The van der Waals surface area contributed by atoms with Gasteiger partial charge in [0, 0.05) is 12.2 Å². The van der Waals surface area contributed by atoms with Gasteiger partial charge in [0.05, 0.1) is 6.61 Å². The van der Waals surface area contributed by atoms with Crippen molar-refractivity contribution in [1.29, 1.82) is 0 Å². The lowest BCUT2D eigenvalue weighted by atomic mass is 9.98.